The van der Waals surface area contributed by atoms with Crippen LogP contribution in [0.3, 0.4) is 0 Å². The zero-order valence-electron chi connectivity index (χ0n) is 20.1. The molecule has 2 amide bonds. The van der Waals surface area contributed by atoms with Crippen LogP contribution in [0, 0.1) is 0 Å². The molecule has 0 aliphatic heterocycles. The first kappa shape index (κ1) is 24.0. The van der Waals surface area contributed by atoms with Gasteiger partial charge in [-0.3, -0.25) is 14.8 Å². The SMILES string of the molecule is CCN(C(=O)c1nn(C)cc1NC(=O)OCC1c2ccccc2-c2ccccc21)C(C)(C)C(=O)O. The van der Waals surface area contributed by atoms with Crippen molar-refractivity contribution in [3.8, 4) is 11.1 Å². The summed E-state index contributed by atoms with van der Waals surface area (Å²) in [6.07, 6.45) is 0.755. The number of fused-ring (bicyclic) bond motifs is 3. The van der Waals surface area contributed by atoms with Crippen molar-refractivity contribution in [1.29, 1.82) is 0 Å². The molecule has 35 heavy (non-hydrogen) atoms. The average molecular weight is 477 g/mol. The highest BCUT2D eigenvalue weighted by molar-refractivity contribution is 6.02. The van der Waals surface area contributed by atoms with E-state index < -0.39 is 23.5 Å². The molecule has 2 N–H and O–H groups in total. The zero-order chi connectivity index (χ0) is 25.3. The number of carboxylic acids is 1. The summed E-state index contributed by atoms with van der Waals surface area (Å²) in [6.45, 7) is 4.84. The number of anilines is 1. The second kappa shape index (κ2) is 9.25. The Hall–Kier alpha value is -4.14. The molecule has 0 bridgehead atoms. The fourth-order valence-corrected chi connectivity index (χ4v) is 4.52. The zero-order valence-corrected chi connectivity index (χ0v) is 20.1. The van der Waals surface area contributed by atoms with Crippen molar-refractivity contribution in [1.82, 2.24) is 14.7 Å². The summed E-state index contributed by atoms with van der Waals surface area (Å²) in [7, 11) is 1.61. The van der Waals surface area contributed by atoms with Crippen LogP contribution in [0.4, 0.5) is 10.5 Å². The van der Waals surface area contributed by atoms with Crippen molar-refractivity contribution in [2.75, 3.05) is 18.5 Å². The van der Waals surface area contributed by atoms with Gasteiger partial charge in [-0.1, -0.05) is 48.5 Å². The molecule has 1 aromatic heterocycles. The monoisotopic (exact) mass is 476 g/mol. The van der Waals surface area contributed by atoms with E-state index in [1.54, 1.807) is 14.0 Å². The van der Waals surface area contributed by atoms with Gasteiger partial charge in [0.25, 0.3) is 5.91 Å². The molecule has 0 radical (unpaired) electrons. The van der Waals surface area contributed by atoms with Gasteiger partial charge in [0.05, 0.1) is 5.69 Å². The number of aryl methyl sites for hydroxylation is 1. The molecular weight excluding hydrogens is 448 g/mol. The van der Waals surface area contributed by atoms with Crippen molar-refractivity contribution < 1.29 is 24.2 Å². The third kappa shape index (κ3) is 4.37. The lowest BCUT2D eigenvalue weighted by atomic mass is 9.98. The number of nitrogens with zero attached hydrogens (tertiary/aromatic N) is 3. The molecule has 1 aliphatic carbocycles. The minimum absolute atomic E-state index is 0.0582. The van der Waals surface area contributed by atoms with Crippen LogP contribution in [0.25, 0.3) is 11.1 Å². The molecule has 3 aromatic rings. The number of rotatable bonds is 7. The Balaban J connectivity index is 1.51. The van der Waals surface area contributed by atoms with Crippen LogP contribution in [-0.4, -0.2) is 56.4 Å². The number of aliphatic carboxylic acids is 1. The molecule has 1 heterocycles. The number of carbonyl (C=O) groups is 3. The first-order chi connectivity index (χ1) is 16.6. The topological polar surface area (TPSA) is 114 Å². The molecular formula is C26H28N4O5. The highest BCUT2D eigenvalue weighted by Gasteiger charge is 2.39. The van der Waals surface area contributed by atoms with Crippen LogP contribution in [0.2, 0.25) is 0 Å². The van der Waals surface area contributed by atoms with Crippen LogP contribution >= 0.6 is 0 Å². The van der Waals surface area contributed by atoms with Crippen molar-refractivity contribution in [3.05, 3.63) is 71.5 Å². The Morgan fingerprint density at radius 3 is 2.20 bits per heavy atom. The number of amides is 2. The Kier molecular flexibility index (Phi) is 6.34. The molecule has 0 unspecified atom stereocenters. The number of hydrogen-bond acceptors (Lipinski definition) is 5. The van der Waals surface area contributed by atoms with Gasteiger partial charge in [-0.15, -0.1) is 0 Å². The van der Waals surface area contributed by atoms with E-state index in [4.69, 9.17) is 4.74 Å². The predicted molar refractivity (Wildman–Crippen MR) is 130 cm³/mol. The lowest BCUT2D eigenvalue weighted by molar-refractivity contribution is -0.147. The summed E-state index contributed by atoms with van der Waals surface area (Å²) in [5.41, 5.74) is 3.06. The van der Waals surface area contributed by atoms with Crippen molar-refractivity contribution >= 4 is 23.7 Å². The van der Waals surface area contributed by atoms with Gasteiger partial charge in [-0.05, 0) is 43.0 Å². The maximum Gasteiger partial charge on any atom is 0.411 e. The molecule has 9 nitrogen and oxygen atoms in total. The van der Waals surface area contributed by atoms with Gasteiger partial charge >= 0.3 is 12.1 Å². The highest BCUT2D eigenvalue weighted by atomic mass is 16.5. The number of hydrogen-bond donors (Lipinski definition) is 2. The Bertz CT molecular complexity index is 1250. The average Bonchev–Trinajstić information content (AvgIpc) is 3.35. The van der Waals surface area contributed by atoms with Gasteiger partial charge in [-0.2, -0.15) is 5.10 Å². The normalized spacial score (nSPS) is 12.6. The van der Waals surface area contributed by atoms with E-state index in [0.717, 1.165) is 22.3 Å². The van der Waals surface area contributed by atoms with E-state index in [9.17, 15) is 19.5 Å². The summed E-state index contributed by atoms with van der Waals surface area (Å²) in [5, 5.41) is 16.3. The van der Waals surface area contributed by atoms with Crippen LogP contribution in [0.1, 0.15) is 48.3 Å². The highest BCUT2D eigenvalue weighted by Crippen LogP contribution is 2.44. The lowest BCUT2D eigenvalue weighted by Crippen LogP contribution is -2.53. The first-order valence-corrected chi connectivity index (χ1v) is 11.4. The predicted octanol–water partition coefficient (Wildman–Crippen LogP) is 4.11. The van der Waals surface area contributed by atoms with E-state index in [1.807, 2.05) is 36.4 Å². The molecule has 182 valence electrons. The molecule has 0 spiro atoms. The Labute approximate surface area is 203 Å². The Morgan fingerprint density at radius 2 is 1.66 bits per heavy atom. The fourth-order valence-electron chi connectivity index (χ4n) is 4.52. The minimum atomic E-state index is -1.45. The lowest BCUT2D eigenvalue weighted by Gasteiger charge is -2.33. The summed E-state index contributed by atoms with van der Waals surface area (Å²) in [4.78, 5) is 38.8. The van der Waals surface area contributed by atoms with E-state index in [2.05, 4.69) is 22.5 Å². The number of carbonyl (C=O) groups excluding carboxylic acids is 2. The second-order valence-electron chi connectivity index (χ2n) is 8.93. The third-order valence-electron chi connectivity index (χ3n) is 6.37. The minimum Gasteiger partial charge on any atom is -0.480 e. The number of carboxylic acid groups (broad SMARTS) is 1. The number of ether oxygens (including phenoxy) is 1. The number of nitrogens with one attached hydrogen (secondary N) is 1. The molecule has 9 heteroatoms. The van der Waals surface area contributed by atoms with Gasteiger partial charge < -0.3 is 14.7 Å². The van der Waals surface area contributed by atoms with E-state index in [-0.39, 0.29) is 30.5 Å². The van der Waals surface area contributed by atoms with Gasteiger partial charge in [0.1, 0.15) is 12.1 Å². The number of benzene rings is 2. The standard InChI is InChI=1S/C26H28N4O5/c1-5-30(26(2,3)24(32)33)23(31)22-21(14-29(4)28-22)27-25(34)35-15-20-18-12-8-6-10-16(18)17-11-7-9-13-19(17)20/h6-14,20H,5,15H2,1-4H3,(H,27,34)(H,32,33). The molecule has 0 saturated heterocycles. The van der Waals surface area contributed by atoms with Gasteiger partial charge in [0, 0.05) is 25.7 Å². The van der Waals surface area contributed by atoms with E-state index in [0.29, 0.717) is 0 Å². The molecule has 0 fully saturated rings. The smallest absolute Gasteiger partial charge is 0.411 e. The maximum atomic E-state index is 13.2. The van der Waals surface area contributed by atoms with Crippen molar-refractivity contribution in [3.63, 3.8) is 0 Å². The van der Waals surface area contributed by atoms with Crippen LogP contribution < -0.4 is 5.32 Å². The molecule has 0 atom stereocenters. The maximum absolute atomic E-state index is 13.2. The second-order valence-corrected chi connectivity index (χ2v) is 8.93. The van der Waals surface area contributed by atoms with Gasteiger partial charge in [0.2, 0.25) is 0 Å². The van der Waals surface area contributed by atoms with Crippen molar-refractivity contribution in [2.24, 2.45) is 7.05 Å². The van der Waals surface area contributed by atoms with Gasteiger partial charge in [0.15, 0.2) is 5.69 Å². The third-order valence-corrected chi connectivity index (χ3v) is 6.37. The molecule has 4 rings (SSSR count). The Morgan fingerprint density at radius 1 is 1.09 bits per heavy atom. The molecule has 1 aliphatic rings. The van der Waals surface area contributed by atoms with Crippen LogP contribution in [-0.2, 0) is 16.6 Å². The fraction of sp³-hybridized carbons (Fsp3) is 0.308. The van der Waals surface area contributed by atoms with Crippen molar-refractivity contribution in [2.45, 2.75) is 32.2 Å². The van der Waals surface area contributed by atoms with E-state index >= 15 is 0 Å². The first-order valence-electron chi connectivity index (χ1n) is 11.4. The van der Waals surface area contributed by atoms with Crippen LogP contribution in [0.15, 0.2) is 54.7 Å². The summed E-state index contributed by atoms with van der Waals surface area (Å²) >= 11 is 0. The number of likely N-dealkylation sites (N-methyl/N-ethyl adjacent to an activating group) is 1. The molecule has 0 saturated carbocycles. The van der Waals surface area contributed by atoms with Crippen LogP contribution in [0.5, 0.6) is 0 Å². The summed E-state index contributed by atoms with van der Waals surface area (Å²) in [6, 6.07) is 16.1. The largest absolute Gasteiger partial charge is 0.480 e. The summed E-state index contributed by atoms with van der Waals surface area (Å²) in [5.74, 6) is -1.85. The van der Waals surface area contributed by atoms with E-state index in [1.165, 1.54) is 29.6 Å². The van der Waals surface area contributed by atoms with Gasteiger partial charge in [-0.25, -0.2) is 9.59 Å². The molecule has 2 aromatic carbocycles. The number of aromatic nitrogens is 2. The quantitative estimate of drug-likeness (QED) is 0.531. The summed E-state index contributed by atoms with van der Waals surface area (Å²) < 4.78 is 6.96.